The van der Waals surface area contributed by atoms with Gasteiger partial charge in [-0.2, -0.15) is 5.10 Å². The van der Waals surface area contributed by atoms with Gasteiger partial charge < -0.3 is 24.6 Å². The van der Waals surface area contributed by atoms with Crippen LogP contribution in [0.2, 0.25) is 0 Å². The molecule has 4 atom stereocenters. The Hall–Kier alpha value is -5.10. The number of aromatic nitrogens is 5. The number of likely N-dealkylation sites (N-methyl/N-ethyl adjacent to an activating group) is 1. The van der Waals surface area contributed by atoms with Crippen molar-refractivity contribution < 1.29 is 14.3 Å². The number of nitrogens with one attached hydrogen (secondary N) is 2. The number of carbonyl (C=O) groups excluding carboxylic acids is 1. The maximum Gasteiger partial charge on any atom is 0.320 e. The number of piperidine rings is 1. The number of nitrogens with zero attached hydrogens (tertiary/aromatic N) is 7. The Morgan fingerprint density at radius 3 is 2.55 bits per heavy atom. The number of rotatable bonds is 10. The van der Waals surface area contributed by atoms with Crippen molar-refractivity contribution in [3.63, 3.8) is 0 Å². The zero-order chi connectivity index (χ0) is 37.3. The number of urea groups is 1. The number of hydrogen-bond donors (Lipinski definition) is 2. The zero-order valence-corrected chi connectivity index (χ0v) is 32.0. The van der Waals surface area contributed by atoms with Crippen molar-refractivity contribution in [2.24, 2.45) is 0 Å². The van der Waals surface area contributed by atoms with Gasteiger partial charge in [0, 0.05) is 36.7 Å². The lowest BCUT2D eigenvalue weighted by atomic mass is 9.85. The Labute approximate surface area is 312 Å². The molecule has 0 saturated carbocycles. The standard InChI is InChI=1S/C41H53N9O3/c1-27-13-10-11-22-48(27)40-45-44-37-21-18-31(26-49(37)40)53-35-20-19-34(32-16-8-9-17-33(32)35)42-39(51)43-38-24-36(41(3,4)5)46-50(38)29-14-12-15-30(23-29)52-28(2)25-47(6)7/h8-9,12,14-18,21,23-24,26-28,34-35H,10-11,13,19-20,22,25H2,1-7H3,(H2,42,43,51)/t27?,28-,34-,35+/m0/s1. The maximum atomic E-state index is 13.8. The van der Waals surface area contributed by atoms with Gasteiger partial charge in [-0.05, 0) is 95.4 Å². The van der Waals surface area contributed by atoms with Gasteiger partial charge in [-0.25, -0.2) is 9.48 Å². The Kier molecular flexibility index (Phi) is 10.3. The average Bonchev–Trinajstić information content (AvgIpc) is 3.74. The largest absolute Gasteiger partial charge is 0.489 e. The molecule has 1 aliphatic heterocycles. The molecule has 1 fully saturated rings. The van der Waals surface area contributed by atoms with Crippen LogP contribution in [0.4, 0.5) is 16.6 Å². The van der Waals surface area contributed by atoms with Crippen LogP contribution in [-0.2, 0) is 5.41 Å². The van der Waals surface area contributed by atoms with E-state index in [0.717, 1.165) is 84.4 Å². The fourth-order valence-electron chi connectivity index (χ4n) is 7.52. The second-order valence-electron chi connectivity index (χ2n) is 15.9. The molecule has 5 aromatic rings. The van der Waals surface area contributed by atoms with Crippen LogP contribution in [0.1, 0.15) is 95.7 Å². The molecule has 0 bridgehead atoms. The minimum Gasteiger partial charge on any atom is -0.489 e. The molecular weight excluding hydrogens is 667 g/mol. The van der Waals surface area contributed by atoms with E-state index in [2.05, 4.69) is 77.4 Å². The molecule has 2 amide bonds. The van der Waals surface area contributed by atoms with Crippen LogP contribution < -0.4 is 25.0 Å². The van der Waals surface area contributed by atoms with Crippen LogP contribution in [0.5, 0.6) is 11.5 Å². The smallest absolute Gasteiger partial charge is 0.320 e. The van der Waals surface area contributed by atoms with Crippen molar-refractivity contribution in [3.05, 3.63) is 89.7 Å². The van der Waals surface area contributed by atoms with Gasteiger partial charge in [-0.1, -0.05) is 51.1 Å². The average molecular weight is 720 g/mol. The summed E-state index contributed by atoms with van der Waals surface area (Å²) in [5.41, 5.74) is 4.36. The fourth-order valence-corrected chi connectivity index (χ4v) is 7.52. The van der Waals surface area contributed by atoms with Crippen LogP contribution in [0.3, 0.4) is 0 Å². The van der Waals surface area contributed by atoms with E-state index in [1.165, 1.54) is 6.42 Å². The van der Waals surface area contributed by atoms with Crippen LogP contribution in [-0.4, -0.2) is 74.6 Å². The molecular formula is C41H53N9O3. The van der Waals surface area contributed by atoms with Crippen molar-refractivity contribution in [1.82, 2.24) is 34.6 Å². The van der Waals surface area contributed by atoms with Gasteiger partial charge in [0.1, 0.15) is 29.5 Å². The topological polar surface area (TPSA) is 114 Å². The minimum absolute atomic E-state index is 0.00802. The van der Waals surface area contributed by atoms with Crippen molar-refractivity contribution in [1.29, 1.82) is 0 Å². The van der Waals surface area contributed by atoms with E-state index < -0.39 is 0 Å². The number of carbonyl (C=O) groups is 1. The lowest BCUT2D eigenvalue weighted by molar-refractivity contribution is 0.171. The first kappa shape index (κ1) is 36.3. The summed E-state index contributed by atoms with van der Waals surface area (Å²) in [5, 5.41) is 20.3. The van der Waals surface area contributed by atoms with E-state index in [-0.39, 0.29) is 29.7 Å². The van der Waals surface area contributed by atoms with Gasteiger partial charge in [0.15, 0.2) is 5.65 Å². The monoisotopic (exact) mass is 719 g/mol. The van der Waals surface area contributed by atoms with Gasteiger partial charge >= 0.3 is 6.03 Å². The van der Waals surface area contributed by atoms with Crippen molar-refractivity contribution in [3.8, 4) is 17.2 Å². The molecule has 1 aliphatic carbocycles. The third kappa shape index (κ3) is 8.12. The van der Waals surface area contributed by atoms with E-state index >= 15 is 0 Å². The third-order valence-electron chi connectivity index (χ3n) is 10.2. The molecule has 2 aromatic carbocycles. The summed E-state index contributed by atoms with van der Waals surface area (Å²) >= 11 is 0. The van der Waals surface area contributed by atoms with E-state index in [0.29, 0.717) is 11.9 Å². The third-order valence-corrected chi connectivity index (χ3v) is 10.2. The van der Waals surface area contributed by atoms with Crippen molar-refractivity contribution in [2.75, 3.05) is 37.4 Å². The molecule has 12 nitrogen and oxygen atoms in total. The molecule has 53 heavy (non-hydrogen) atoms. The fraction of sp³-hybridized carbons (Fsp3) is 0.463. The highest BCUT2D eigenvalue weighted by atomic mass is 16.5. The van der Waals surface area contributed by atoms with Crippen LogP contribution in [0.25, 0.3) is 11.3 Å². The first-order valence-electron chi connectivity index (χ1n) is 18.9. The SMILES string of the molecule is CC1CCCCN1c1nnc2ccc(O[C@@H]3CC[C@H](NC(=O)Nc4cc(C(C)(C)C)nn4-c4cccc(O[C@@H](C)CN(C)C)c4)c4ccccc43)cn12. The van der Waals surface area contributed by atoms with E-state index in [9.17, 15) is 4.79 Å². The minimum atomic E-state index is -0.296. The summed E-state index contributed by atoms with van der Waals surface area (Å²) in [6, 6.07) is 21.9. The lowest BCUT2D eigenvalue weighted by Crippen LogP contribution is -2.38. The molecule has 7 rings (SSSR count). The summed E-state index contributed by atoms with van der Waals surface area (Å²) in [6.45, 7) is 12.4. The Balaban J connectivity index is 1.08. The normalized spacial score (nSPS) is 19.5. The Morgan fingerprint density at radius 1 is 0.962 bits per heavy atom. The maximum absolute atomic E-state index is 13.8. The van der Waals surface area contributed by atoms with Crippen molar-refractivity contribution >= 4 is 23.4 Å². The van der Waals surface area contributed by atoms with Crippen LogP contribution >= 0.6 is 0 Å². The molecule has 2 aliphatic rings. The second kappa shape index (κ2) is 15.1. The van der Waals surface area contributed by atoms with Gasteiger partial charge in [0.2, 0.25) is 5.95 Å². The highest BCUT2D eigenvalue weighted by molar-refractivity contribution is 5.89. The summed E-state index contributed by atoms with van der Waals surface area (Å²) < 4.78 is 16.7. The first-order chi connectivity index (χ1) is 25.4. The predicted octanol–water partition coefficient (Wildman–Crippen LogP) is 7.70. The van der Waals surface area contributed by atoms with Crippen LogP contribution in [0, 0.1) is 0 Å². The number of anilines is 2. The van der Waals surface area contributed by atoms with Gasteiger partial charge in [0.05, 0.1) is 23.6 Å². The second-order valence-corrected chi connectivity index (χ2v) is 15.9. The summed E-state index contributed by atoms with van der Waals surface area (Å²) in [4.78, 5) is 18.2. The lowest BCUT2D eigenvalue weighted by Gasteiger charge is -2.33. The number of fused-ring (bicyclic) bond motifs is 2. The highest BCUT2D eigenvalue weighted by Crippen LogP contribution is 2.39. The molecule has 12 heteroatoms. The van der Waals surface area contributed by atoms with E-state index in [1.807, 2.05) is 79.3 Å². The highest BCUT2D eigenvalue weighted by Gasteiger charge is 2.31. The summed E-state index contributed by atoms with van der Waals surface area (Å²) in [7, 11) is 4.06. The molecule has 280 valence electrons. The predicted molar refractivity (Wildman–Crippen MR) is 208 cm³/mol. The number of amides is 2. The quantitative estimate of drug-likeness (QED) is 0.151. The van der Waals surface area contributed by atoms with E-state index in [4.69, 9.17) is 14.6 Å². The van der Waals surface area contributed by atoms with E-state index in [1.54, 1.807) is 4.68 Å². The number of pyridine rings is 1. The molecule has 3 aromatic heterocycles. The molecule has 0 spiro atoms. The molecule has 1 unspecified atom stereocenters. The summed E-state index contributed by atoms with van der Waals surface area (Å²) in [6.07, 6.45) is 6.86. The molecule has 2 N–H and O–H groups in total. The first-order valence-corrected chi connectivity index (χ1v) is 18.9. The molecule has 4 heterocycles. The Morgan fingerprint density at radius 2 is 1.77 bits per heavy atom. The number of hydrogen-bond acceptors (Lipinski definition) is 8. The summed E-state index contributed by atoms with van der Waals surface area (Å²) in [5.74, 6) is 2.95. The molecule has 1 saturated heterocycles. The molecule has 0 radical (unpaired) electrons. The number of benzene rings is 2. The van der Waals surface area contributed by atoms with Crippen LogP contribution in [0.15, 0.2) is 72.9 Å². The van der Waals surface area contributed by atoms with Crippen molar-refractivity contribution in [2.45, 2.75) is 96.4 Å². The van der Waals surface area contributed by atoms with Gasteiger partial charge in [0.25, 0.3) is 0 Å². The zero-order valence-electron chi connectivity index (χ0n) is 32.0. The Bertz CT molecular complexity index is 2050. The van der Waals surface area contributed by atoms with Gasteiger partial charge in [-0.3, -0.25) is 9.72 Å². The number of ether oxygens (including phenoxy) is 2. The van der Waals surface area contributed by atoms with Gasteiger partial charge in [-0.15, -0.1) is 10.2 Å².